The SMILES string of the molecule is CN1CCCC(N2CCN(C(=O)CCCSc3ccc(Br)cc3)CC2)C1. The minimum absolute atomic E-state index is 0.335. The zero-order valence-electron chi connectivity index (χ0n) is 15.7. The minimum atomic E-state index is 0.335. The van der Waals surface area contributed by atoms with Crippen molar-refractivity contribution >= 4 is 33.6 Å². The molecule has 6 heteroatoms. The average Bonchev–Trinajstić information content (AvgIpc) is 2.66. The van der Waals surface area contributed by atoms with Gasteiger partial charge in [0.15, 0.2) is 0 Å². The number of carbonyl (C=O) groups excluding carboxylic acids is 1. The van der Waals surface area contributed by atoms with Crippen LogP contribution in [0.3, 0.4) is 0 Å². The maximum absolute atomic E-state index is 12.5. The Hall–Kier alpha value is -0.560. The van der Waals surface area contributed by atoms with Gasteiger partial charge in [0.2, 0.25) is 5.91 Å². The van der Waals surface area contributed by atoms with Gasteiger partial charge in [-0.25, -0.2) is 0 Å². The summed E-state index contributed by atoms with van der Waals surface area (Å²) in [4.78, 5) is 20.9. The molecule has 3 rings (SSSR count). The van der Waals surface area contributed by atoms with Gasteiger partial charge in [0.05, 0.1) is 0 Å². The van der Waals surface area contributed by atoms with E-state index in [1.54, 1.807) is 0 Å². The molecular formula is C20H30BrN3OS. The number of nitrogens with zero attached hydrogens (tertiary/aromatic N) is 3. The first-order chi connectivity index (χ1) is 12.6. The predicted molar refractivity (Wildman–Crippen MR) is 113 cm³/mol. The third-order valence-corrected chi connectivity index (χ3v) is 7.03. The Labute approximate surface area is 170 Å². The van der Waals surface area contributed by atoms with E-state index < -0.39 is 0 Å². The number of likely N-dealkylation sites (tertiary alicyclic amines) is 1. The lowest BCUT2D eigenvalue weighted by Crippen LogP contribution is -2.55. The standard InChI is InChI=1S/C20H30BrN3OS/c1-22-10-2-4-18(16-22)23-11-13-24(14-12-23)20(25)5-3-15-26-19-8-6-17(21)7-9-19/h6-9,18H,2-5,10-16H2,1H3. The summed E-state index contributed by atoms with van der Waals surface area (Å²) in [5.41, 5.74) is 0. The highest BCUT2D eigenvalue weighted by Gasteiger charge is 2.28. The molecule has 26 heavy (non-hydrogen) atoms. The lowest BCUT2D eigenvalue weighted by molar-refractivity contribution is -0.133. The van der Waals surface area contributed by atoms with E-state index in [1.165, 1.54) is 30.8 Å². The van der Waals surface area contributed by atoms with Crippen molar-refractivity contribution in [3.8, 4) is 0 Å². The Morgan fingerprint density at radius 1 is 1.15 bits per heavy atom. The van der Waals surface area contributed by atoms with Crippen molar-refractivity contribution in [2.24, 2.45) is 0 Å². The zero-order valence-corrected chi connectivity index (χ0v) is 18.1. The van der Waals surface area contributed by atoms with Gasteiger partial charge in [0.25, 0.3) is 0 Å². The van der Waals surface area contributed by atoms with Crippen LogP contribution in [0.4, 0.5) is 0 Å². The first kappa shape index (κ1) is 20.2. The number of carbonyl (C=O) groups is 1. The molecule has 1 atom stereocenters. The van der Waals surface area contributed by atoms with Crippen LogP contribution in [0.1, 0.15) is 25.7 Å². The molecule has 2 aliphatic rings. The Morgan fingerprint density at radius 2 is 1.88 bits per heavy atom. The van der Waals surface area contributed by atoms with E-state index in [2.05, 4.69) is 61.9 Å². The number of amides is 1. The third-order valence-electron chi connectivity index (χ3n) is 5.40. The fourth-order valence-corrected chi connectivity index (χ4v) is 4.99. The first-order valence-corrected chi connectivity index (χ1v) is 11.5. The van der Waals surface area contributed by atoms with E-state index >= 15 is 0 Å². The average molecular weight is 440 g/mol. The van der Waals surface area contributed by atoms with Crippen LogP contribution in [0.25, 0.3) is 0 Å². The molecule has 1 aromatic rings. The molecule has 1 aromatic carbocycles. The largest absolute Gasteiger partial charge is 0.340 e. The van der Waals surface area contributed by atoms with E-state index in [0.717, 1.165) is 42.8 Å². The van der Waals surface area contributed by atoms with Crippen molar-refractivity contribution in [3.05, 3.63) is 28.7 Å². The number of piperazine rings is 1. The minimum Gasteiger partial charge on any atom is -0.340 e. The molecule has 0 saturated carbocycles. The maximum atomic E-state index is 12.5. The summed E-state index contributed by atoms with van der Waals surface area (Å²) in [6.07, 6.45) is 4.24. The first-order valence-electron chi connectivity index (χ1n) is 9.70. The second-order valence-electron chi connectivity index (χ2n) is 7.38. The van der Waals surface area contributed by atoms with Crippen LogP contribution in [0.15, 0.2) is 33.6 Å². The van der Waals surface area contributed by atoms with E-state index in [9.17, 15) is 4.79 Å². The van der Waals surface area contributed by atoms with E-state index in [0.29, 0.717) is 18.4 Å². The van der Waals surface area contributed by atoms with Gasteiger partial charge in [0, 0.05) is 54.6 Å². The van der Waals surface area contributed by atoms with Crippen molar-refractivity contribution < 1.29 is 4.79 Å². The zero-order chi connectivity index (χ0) is 18.4. The summed E-state index contributed by atoms with van der Waals surface area (Å²) in [6.45, 7) is 6.29. The highest BCUT2D eigenvalue weighted by Crippen LogP contribution is 2.22. The number of piperidine rings is 1. The van der Waals surface area contributed by atoms with Crippen LogP contribution in [0.5, 0.6) is 0 Å². The molecule has 1 unspecified atom stereocenters. The number of rotatable bonds is 6. The third kappa shape index (κ3) is 5.98. The molecule has 144 valence electrons. The predicted octanol–water partition coefficient (Wildman–Crippen LogP) is 3.56. The number of likely N-dealkylation sites (N-methyl/N-ethyl adjacent to an activating group) is 1. The molecule has 2 fully saturated rings. The molecule has 0 aliphatic carbocycles. The van der Waals surface area contributed by atoms with Gasteiger partial charge >= 0.3 is 0 Å². The van der Waals surface area contributed by atoms with Crippen molar-refractivity contribution in [2.45, 2.75) is 36.6 Å². The second-order valence-corrected chi connectivity index (χ2v) is 9.46. The summed E-state index contributed by atoms with van der Waals surface area (Å²) in [7, 11) is 2.22. The smallest absolute Gasteiger partial charge is 0.222 e. The normalized spacial score (nSPS) is 22.5. The number of hydrogen-bond donors (Lipinski definition) is 0. The highest BCUT2D eigenvalue weighted by molar-refractivity contribution is 9.10. The quantitative estimate of drug-likeness (QED) is 0.499. The number of thioether (sulfide) groups is 1. The summed E-state index contributed by atoms with van der Waals surface area (Å²) >= 11 is 5.29. The Kier molecular flexibility index (Phi) is 7.85. The Bertz CT molecular complexity index is 575. The molecule has 1 amide bonds. The molecule has 4 nitrogen and oxygen atoms in total. The van der Waals surface area contributed by atoms with Gasteiger partial charge in [-0.15, -0.1) is 11.8 Å². The molecule has 0 bridgehead atoms. The molecular weight excluding hydrogens is 410 g/mol. The van der Waals surface area contributed by atoms with Crippen LogP contribution in [-0.2, 0) is 4.79 Å². The van der Waals surface area contributed by atoms with Crippen LogP contribution in [0.2, 0.25) is 0 Å². The lowest BCUT2D eigenvalue weighted by atomic mass is 10.0. The van der Waals surface area contributed by atoms with Gasteiger partial charge in [-0.3, -0.25) is 9.69 Å². The monoisotopic (exact) mass is 439 g/mol. The Morgan fingerprint density at radius 3 is 2.58 bits per heavy atom. The van der Waals surface area contributed by atoms with Crippen LogP contribution < -0.4 is 0 Å². The topological polar surface area (TPSA) is 26.8 Å². The molecule has 2 saturated heterocycles. The molecule has 2 aliphatic heterocycles. The maximum Gasteiger partial charge on any atom is 0.222 e. The van der Waals surface area contributed by atoms with E-state index in [-0.39, 0.29) is 0 Å². The summed E-state index contributed by atoms with van der Waals surface area (Å²) in [5.74, 6) is 1.34. The molecule has 0 N–H and O–H groups in total. The highest BCUT2D eigenvalue weighted by atomic mass is 79.9. The fraction of sp³-hybridized carbons (Fsp3) is 0.650. The van der Waals surface area contributed by atoms with Crippen LogP contribution in [0, 0.1) is 0 Å². The van der Waals surface area contributed by atoms with Crippen LogP contribution >= 0.6 is 27.7 Å². The van der Waals surface area contributed by atoms with Gasteiger partial charge in [-0.05, 0) is 62.9 Å². The second kappa shape index (κ2) is 10.1. The number of hydrogen-bond acceptors (Lipinski definition) is 4. The summed E-state index contributed by atoms with van der Waals surface area (Å²) in [6, 6.07) is 9.07. The van der Waals surface area contributed by atoms with Crippen molar-refractivity contribution in [3.63, 3.8) is 0 Å². The summed E-state index contributed by atoms with van der Waals surface area (Å²) in [5, 5.41) is 0. The summed E-state index contributed by atoms with van der Waals surface area (Å²) < 4.78 is 1.11. The lowest BCUT2D eigenvalue weighted by Gasteiger charge is -2.42. The van der Waals surface area contributed by atoms with Gasteiger partial charge in [0.1, 0.15) is 0 Å². The van der Waals surface area contributed by atoms with Crippen molar-refractivity contribution in [1.29, 1.82) is 0 Å². The van der Waals surface area contributed by atoms with Gasteiger partial charge in [-0.1, -0.05) is 15.9 Å². The van der Waals surface area contributed by atoms with Crippen molar-refractivity contribution in [2.75, 3.05) is 52.1 Å². The number of halogens is 1. The van der Waals surface area contributed by atoms with Gasteiger partial charge < -0.3 is 9.80 Å². The number of benzene rings is 1. The molecule has 2 heterocycles. The van der Waals surface area contributed by atoms with E-state index in [4.69, 9.17) is 0 Å². The van der Waals surface area contributed by atoms with E-state index in [1.807, 2.05) is 11.8 Å². The fourth-order valence-electron chi connectivity index (χ4n) is 3.88. The van der Waals surface area contributed by atoms with Crippen molar-refractivity contribution in [1.82, 2.24) is 14.7 Å². The molecule has 0 spiro atoms. The molecule has 0 radical (unpaired) electrons. The van der Waals surface area contributed by atoms with Crippen LogP contribution in [-0.4, -0.2) is 78.7 Å². The Balaban J connectivity index is 1.32. The van der Waals surface area contributed by atoms with Gasteiger partial charge in [-0.2, -0.15) is 0 Å². The molecule has 0 aromatic heterocycles.